The Hall–Kier alpha value is -0.860. The Bertz CT molecular complexity index is 288. The van der Waals surface area contributed by atoms with Crippen LogP contribution in [0.2, 0.25) is 0 Å². The van der Waals surface area contributed by atoms with Crippen LogP contribution in [0.15, 0.2) is 24.3 Å². The molecule has 0 unspecified atom stereocenters. The molecule has 0 bridgehead atoms. The number of aliphatic hydroxyl groups excluding tert-OH is 1. The van der Waals surface area contributed by atoms with E-state index in [1.165, 1.54) is 5.56 Å². The quantitative estimate of drug-likeness (QED) is 0.805. The molecular formula is C13H20O2. The van der Waals surface area contributed by atoms with Gasteiger partial charge in [-0.3, -0.25) is 0 Å². The SMILES string of the molecule is CCc1ccc(C(C)(C)OCCO)cc1. The second-order valence-corrected chi connectivity index (χ2v) is 4.13. The Morgan fingerprint density at radius 2 is 1.80 bits per heavy atom. The van der Waals surface area contributed by atoms with Gasteiger partial charge < -0.3 is 9.84 Å². The van der Waals surface area contributed by atoms with Gasteiger partial charge in [-0.1, -0.05) is 31.2 Å². The largest absolute Gasteiger partial charge is 0.394 e. The van der Waals surface area contributed by atoms with Crippen LogP contribution in [0.3, 0.4) is 0 Å². The Kier molecular flexibility index (Phi) is 4.30. The molecule has 0 aliphatic heterocycles. The van der Waals surface area contributed by atoms with Gasteiger partial charge in [0.2, 0.25) is 0 Å². The van der Waals surface area contributed by atoms with Gasteiger partial charge in [-0.15, -0.1) is 0 Å². The van der Waals surface area contributed by atoms with Crippen LogP contribution in [0.1, 0.15) is 31.9 Å². The minimum atomic E-state index is -0.324. The zero-order valence-electron chi connectivity index (χ0n) is 9.79. The molecule has 0 aliphatic rings. The molecule has 1 N–H and O–H groups in total. The maximum atomic E-state index is 8.73. The lowest BCUT2D eigenvalue weighted by atomic mass is 9.96. The number of hydrogen-bond acceptors (Lipinski definition) is 2. The average molecular weight is 208 g/mol. The third-order valence-corrected chi connectivity index (χ3v) is 2.61. The summed E-state index contributed by atoms with van der Waals surface area (Å²) in [7, 11) is 0. The normalized spacial score (nSPS) is 11.7. The van der Waals surface area contributed by atoms with Crippen molar-refractivity contribution in [3.63, 3.8) is 0 Å². The van der Waals surface area contributed by atoms with E-state index in [2.05, 4.69) is 31.2 Å². The highest BCUT2D eigenvalue weighted by atomic mass is 16.5. The zero-order valence-corrected chi connectivity index (χ0v) is 9.79. The second-order valence-electron chi connectivity index (χ2n) is 4.13. The maximum absolute atomic E-state index is 8.73. The van der Waals surface area contributed by atoms with Gasteiger partial charge in [-0.05, 0) is 31.4 Å². The Labute approximate surface area is 91.9 Å². The van der Waals surface area contributed by atoms with Crippen molar-refractivity contribution in [3.8, 4) is 0 Å². The van der Waals surface area contributed by atoms with E-state index < -0.39 is 0 Å². The molecule has 0 fully saturated rings. The maximum Gasteiger partial charge on any atom is 0.0876 e. The lowest BCUT2D eigenvalue weighted by Gasteiger charge is -2.25. The molecule has 0 radical (unpaired) electrons. The summed E-state index contributed by atoms with van der Waals surface area (Å²) in [5.74, 6) is 0. The third kappa shape index (κ3) is 3.33. The molecule has 15 heavy (non-hydrogen) atoms. The molecule has 0 atom stereocenters. The predicted molar refractivity (Wildman–Crippen MR) is 61.9 cm³/mol. The number of rotatable bonds is 5. The molecule has 0 saturated carbocycles. The van der Waals surface area contributed by atoms with E-state index in [1.807, 2.05) is 13.8 Å². The van der Waals surface area contributed by atoms with Crippen molar-refractivity contribution in [2.45, 2.75) is 32.8 Å². The van der Waals surface area contributed by atoms with Crippen LogP contribution in [0.4, 0.5) is 0 Å². The summed E-state index contributed by atoms with van der Waals surface area (Å²) in [4.78, 5) is 0. The van der Waals surface area contributed by atoms with Crippen LogP contribution in [-0.2, 0) is 16.8 Å². The van der Waals surface area contributed by atoms with Gasteiger partial charge in [-0.2, -0.15) is 0 Å². The van der Waals surface area contributed by atoms with Crippen LogP contribution >= 0.6 is 0 Å². The molecule has 0 saturated heterocycles. The highest BCUT2D eigenvalue weighted by Crippen LogP contribution is 2.24. The van der Waals surface area contributed by atoms with Gasteiger partial charge in [0.15, 0.2) is 0 Å². The number of aliphatic hydroxyl groups is 1. The lowest BCUT2D eigenvalue weighted by molar-refractivity contribution is -0.0369. The molecule has 0 aromatic heterocycles. The monoisotopic (exact) mass is 208 g/mol. The van der Waals surface area contributed by atoms with E-state index >= 15 is 0 Å². The fourth-order valence-corrected chi connectivity index (χ4v) is 1.53. The van der Waals surface area contributed by atoms with Crippen molar-refractivity contribution < 1.29 is 9.84 Å². The van der Waals surface area contributed by atoms with Crippen LogP contribution in [0, 0.1) is 0 Å². The zero-order chi connectivity index (χ0) is 11.3. The predicted octanol–water partition coefficient (Wildman–Crippen LogP) is 2.49. The molecular weight excluding hydrogens is 188 g/mol. The standard InChI is InChI=1S/C13H20O2/c1-4-11-5-7-12(8-6-11)13(2,3)15-10-9-14/h5-8,14H,4,9-10H2,1-3H3. The first-order valence-corrected chi connectivity index (χ1v) is 5.44. The molecule has 0 spiro atoms. The first kappa shape index (κ1) is 12.2. The first-order valence-electron chi connectivity index (χ1n) is 5.44. The van der Waals surface area contributed by atoms with Gasteiger partial charge in [0, 0.05) is 0 Å². The van der Waals surface area contributed by atoms with Crippen molar-refractivity contribution in [2.24, 2.45) is 0 Å². The number of aryl methyl sites for hydroxylation is 1. The van der Waals surface area contributed by atoms with Crippen molar-refractivity contribution in [1.29, 1.82) is 0 Å². The van der Waals surface area contributed by atoms with Crippen molar-refractivity contribution in [2.75, 3.05) is 13.2 Å². The smallest absolute Gasteiger partial charge is 0.0876 e. The number of benzene rings is 1. The van der Waals surface area contributed by atoms with E-state index in [9.17, 15) is 0 Å². The van der Waals surface area contributed by atoms with Crippen molar-refractivity contribution in [3.05, 3.63) is 35.4 Å². The van der Waals surface area contributed by atoms with Gasteiger partial charge >= 0.3 is 0 Å². The topological polar surface area (TPSA) is 29.5 Å². The summed E-state index contributed by atoms with van der Waals surface area (Å²) in [5, 5.41) is 8.73. The van der Waals surface area contributed by atoms with E-state index in [0.717, 1.165) is 12.0 Å². The Morgan fingerprint density at radius 1 is 1.20 bits per heavy atom. The summed E-state index contributed by atoms with van der Waals surface area (Å²) < 4.78 is 5.59. The van der Waals surface area contributed by atoms with Crippen LogP contribution in [-0.4, -0.2) is 18.3 Å². The van der Waals surface area contributed by atoms with Gasteiger partial charge in [0.05, 0.1) is 18.8 Å². The number of hydrogen-bond donors (Lipinski definition) is 1. The van der Waals surface area contributed by atoms with Crippen LogP contribution < -0.4 is 0 Å². The minimum Gasteiger partial charge on any atom is -0.394 e. The highest BCUT2D eigenvalue weighted by molar-refractivity contribution is 5.26. The second kappa shape index (κ2) is 5.29. The average Bonchev–Trinajstić information content (AvgIpc) is 2.26. The van der Waals surface area contributed by atoms with E-state index in [4.69, 9.17) is 9.84 Å². The fourth-order valence-electron chi connectivity index (χ4n) is 1.53. The molecule has 1 aromatic carbocycles. The van der Waals surface area contributed by atoms with Gasteiger partial charge in [0.25, 0.3) is 0 Å². The molecule has 0 heterocycles. The summed E-state index contributed by atoms with van der Waals surface area (Å²) in [6, 6.07) is 8.44. The molecule has 1 rings (SSSR count). The number of ether oxygens (including phenoxy) is 1. The third-order valence-electron chi connectivity index (χ3n) is 2.61. The summed E-state index contributed by atoms with van der Waals surface area (Å²) >= 11 is 0. The highest BCUT2D eigenvalue weighted by Gasteiger charge is 2.20. The Balaban J connectivity index is 2.75. The van der Waals surface area contributed by atoms with E-state index in [-0.39, 0.29) is 12.2 Å². The molecule has 1 aromatic rings. The summed E-state index contributed by atoms with van der Waals surface area (Å²) in [5.41, 5.74) is 2.15. The van der Waals surface area contributed by atoms with Crippen molar-refractivity contribution >= 4 is 0 Å². The first-order chi connectivity index (χ1) is 7.10. The van der Waals surface area contributed by atoms with Gasteiger partial charge in [0.1, 0.15) is 0 Å². The minimum absolute atomic E-state index is 0.0659. The Morgan fingerprint density at radius 3 is 2.27 bits per heavy atom. The lowest BCUT2D eigenvalue weighted by Crippen LogP contribution is -2.23. The van der Waals surface area contributed by atoms with E-state index in [0.29, 0.717) is 6.61 Å². The molecule has 0 aliphatic carbocycles. The van der Waals surface area contributed by atoms with E-state index in [1.54, 1.807) is 0 Å². The summed E-state index contributed by atoms with van der Waals surface area (Å²) in [6.07, 6.45) is 1.05. The molecule has 2 nitrogen and oxygen atoms in total. The van der Waals surface area contributed by atoms with Crippen molar-refractivity contribution in [1.82, 2.24) is 0 Å². The van der Waals surface area contributed by atoms with Crippen LogP contribution in [0.5, 0.6) is 0 Å². The molecule has 84 valence electrons. The molecule has 2 heteroatoms. The molecule has 0 amide bonds. The van der Waals surface area contributed by atoms with Crippen LogP contribution in [0.25, 0.3) is 0 Å². The fraction of sp³-hybridized carbons (Fsp3) is 0.538. The summed E-state index contributed by atoms with van der Waals surface area (Å²) in [6.45, 7) is 6.62. The van der Waals surface area contributed by atoms with Gasteiger partial charge in [-0.25, -0.2) is 0 Å².